The average molecular weight is 404 g/mol. The van der Waals surface area contributed by atoms with Crippen molar-refractivity contribution in [3.63, 3.8) is 0 Å². The molecule has 0 N–H and O–H groups in total. The van der Waals surface area contributed by atoms with E-state index >= 15 is 0 Å². The second-order valence-electron chi connectivity index (χ2n) is 3.80. The maximum absolute atomic E-state index is 12.4. The molecule has 0 aliphatic carbocycles. The molecule has 0 aliphatic heterocycles. The Morgan fingerprint density at radius 1 is 1.16 bits per heavy atom. The number of hydrogen-bond donors (Lipinski definition) is 0. The molecule has 98 valence electrons. The normalized spacial score (nSPS) is 10.3. The molecule has 2 rings (SSSR count). The molecule has 0 saturated heterocycles. The van der Waals surface area contributed by atoms with Gasteiger partial charge in [0.05, 0.1) is 12.1 Å². The molecule has 0 radical (unpaired) electrons. The monoisotopic (exact) mass is 402 g/mol. The Morgan fingerprint density at radius 2 is 1.89 bits per heavy atom. The molecule has 0 atom stereocenters. The van der Waals surface area contributed by atoms with Crippen LogP contribution < -0.4 is 4.74 Å². The Bertz CT molecular complexity index is 641. The van der Waals surface area contributed by atoms with Crippen LogP contribution in [0.1, 0.15) is 15.9 Å². The fourth-order valence-corrected chi connectivity index (χ4v) is 3.12. The molecule has 0 heterocycles. The summed E-state index contributed by atoms with van der Waals surface area (Å²) in [4.78, 5) is 12.4. The van der Waals surface area contributed by atoms with Crippen molar-refractivity contribution in [1.29, 1.82) is 0 Å². The summed E-state index contributed by atoms with van der Waals surface area (Å²) in [6.07, 6.45) is 0. The Kier molecular flexibility index (Phi) is 4.66. The fraction of sp³-hybridized carbons (Fsp3) is 0.0714. The summed E-state index contributed by atoms with van der Waals surface area (Å²) >= 11 is 12.8. The van der Waals surface area contributed by atoms with Gasteiger partial charge in [-0.05, 0) is 52.3 Å². The van der Waals surface area contributed by atoms with Crippen LogP contribution in [-0.2, 0) is 0 Å². The lowest BCUT2D eigenvalue weighted by molar-refractivity contribution is 0.103. The van der Waals surface area contributed by atoms with E-state index in [1.165, 1.54) is 7.11 Å². The molecule has 2 nitrogen and oxygen atoms in total. The zero-order chi connectivity index (χ0) is 14.0. The summed E-state index contributed by atoms with van der Waals surface area (Å²) in [7, 11) is 1.54. The third kappa shape index (κ3) is 3.19. The van der Waals surface area contributed by atoms with Gasteiger partial charge in [0.2, 0.25) is 0 Å². The predicted molar refractivity (Wildman–Crippen MR) is 83.3 cm³/mol. The highest BCUT2D eigenvalue weighted by molar-refractivity contribution is 9.11. The first-order valence-corrected chi connectivity index (χ1v) is 7.32. The molecule has 0 saturated carbocycles. The van der Waals surface area contributed by atoms with Gasteiger partial charge in [0, 0.05) is 20.1 Å². The van der Waals surface area contributed by atoms with Gasteiger partial charge in [-0.2, -0.15) is 0 Å². The topological polar surface area (TPSA) is 26.3 Å². The van der Waals surface area contributed by atoms with Gasteiger partial charge in [0.25, 0.3) is 0 Å². The van der Waals surface area contributed by atoms with Crippen molar-refractivity contribution in [2.75, 3.05) is 7.11 Å². The van der Waals surface area contributed by atoms with E-state index < -0.39 is 0 Å². The zero-order valence-electron chi connectivity index (χ0n) is 9.91. The first-order valence-electron chi connectivity index (χ1n) is 5.36. The van der Waals surface area contributed by atoms with E-state index in [2.05, 4.69) is 31.9 Å². The van der Waals surface area contributed by atoms with E-state index in [9.17, 15) is 4.79 Å². The predicted octanol–water partition coefficient (Wildman–Crippen LogP) is 5.10. The molecular weight excluding hydrogens is 395 g/mol. The third-order valence-corrected chi connectivity index (χ3v) is 4.03. The van der Waals surface area contributed by atoms with E-state index in [0.29, 0.717) is 21.9 Å². The summed E-state index contributed by atoms with van der Waals surface area (Å²) in [5.74, 6) is 0.456. The minimum Gasteiger partial charge on any atom is -0.495 e. The molecule has 2 aromatic rings. The van der Waals surface area contributed by atoms with Crippen molar-refractivity contribution in [2.24, 2.45) is 0 Å². The van der Waals surface area contributed by atoms with E-state index in [-0.39, 0.29) is 5.78 Å². The lowest BCUT2D eigenvalue weighted by atomic mass is 10.0. The van der Waals surface area contributed by atoms with Crippen LogP contribution in [0.25, 0.3) is 0 Å². The number of methoxy groups -OCH3 is 1. The number of rotatable bonds is 3. The van der Waals surface area contributed by atoms with Crippen molar-refractivity contribution in [3.05, 3.63) is 61.5 Å². The smallest absolute Gasteiger partial charge is 0.194 e. The van der Waals surface area contributed by atoms with Crippen molar-refractivity contribution < 1.29 is 9.53 Å². The van der Waals surface area contributed by atoms with Crippen LogP contribution in [0.2, 0.25) is 5.02 Å². The number of benzene rings is 2. The molecule has 19 heavy (non-hydrogen) atoms. The second-order valence-corrected chi connectivity index (χ2v) is 5.98. The van der Waals surface area contributed by atoms with Gasteiger partial charge in [-0.25, -0.2) is 0 Å². The third-order valence-electron chi connectivity index (χ3n) is 2.59. The van der Waals surface area contributed by atoms with E-state index in [1.54, 1.807) is 24.3 Å². The van der Waals surface area contributed by atoms with Gasteiger partial charge in [-0.15, -0.1) is 0 Å². The van der Waals surface area contributed by atoms with E-state index in [0.717, 1.165) is 8.95 Å². The molecule has 0 bridgehead atoms. The zero-order valence-corrected chi connectivity index (χ0v) is 13.8. The van der Waals surface area contributed by atoms with Gasteiger partial charge in [0.15, 0.2) is 5.78 Å². The van der Waals surface area contributed by atoms with Gasteiger partial charge in [-0.3, -0.25) is 4.79 Å². The molecule has 2 aromatic carbocycles. The highest BCUT2D eigenvalue weighted by atomic mass is 79.9. The number of ether oxygens (including phenoxy) is 1. The fourth-order valence-electron chi connectivity index (χ4n) is 1.64. The van der Waals surface area contributed by atoms with E-state index in [4.69, 9.17) is 16.3 Å². The molecule has 0 fully saturated rings. The van der Waals surface area contributed by atoms with Crippen LogP contribution in [0.3, 0.4) is 0 Å². The number of ketones is 1. The molecular formula is C14H9Br2ClO2. The average Bonchev–Trinajstić information content (AvgIpc) is 2.38. The second kappa shape index (κ2) is 6.07. The van der Waals surface area contributed by atoms with E-state index in [1.807, 2.05) is 12.1 Å². The summed E-state index contributed by atoms with van der Waals surface area (Å²) < 4.78 is 6.71. The summed E-state index contributed by atoms with van der Waals surface area (Å²) in [6.45, 7) is 0. The van der Waals surface area contributed by atoms with Gasteiger partial charge >= 0.3 is 0 Å². The largest absolute Gasteiger partial charge is 0.495 e. The Morgan fingerprint density at radius 3 is 2.47 bits per heavy atom. The standard InChI is InChI=1S/C14H9Br2ClO2/c1-19-13-5-2-8(6-12(13)17)14(18)10-4-3-9(15)7-11(10)16/h2-7H,1H3. The Balaban J connectivity index is 2.41. The number of carbonyl (C=O) groups excluding carboxylic acids is 1. The number of halogens is 3. The SMILES string of the molecule is COc1ccc(C(=O)c2ccc(Br)cc2Br)cc1Cl. The molecule has 0 unspecified atom stereocenters. The number of hydrogen-bond acceptors (Lipinski definition) is 2. The lowest BCUT2D eigenvalue weighted by Crippen LogP contribution is -2.02. The highest BCUT2D eigenvalue weighted by Gasteiger charge is 2.14. The van der Waals surface area contributed by atoms with Crippen LogP contribution in [0.15, 0.2) is 45.3 Å². The Hall–Kier alpha value is -0.840. The highest BCUT2D eigenvalue weighted by Crippen LogP contribution is 2.28. The van der Waals surface area contributed by atoms with Crippen molar-refractivity contribution in [1.82, 2.24) is 0 Å². The maximum atomic E-state index is 12.4. The molecule has 5 heteroatoms. The van der Waals surface area contributed by atoms with Crippen LogP contribution in [0.5, 0.6) is 5.75 Å². The quantitative estimate of drug-likeness (QED) is 0.665. The summed E-state index contributed by atoms with van der Waals surface area (Å²) in [5, 5.41) is 0.418. The lowest BCUT2D eigenvalue weighted by Gasteiger charge is -2.07. The summed E-state index contributed by atoms with van der Waals surface area (Å²) in [6, 6.07) is 10.4. The molecule has 0 spiro atoms. The van der Waals surface area contributed by atoms with Crippen molar-refractivity contribution in [2.45, 2.75) is 0 Å². The molecule has 0 aromatic heterocycles. The van der Waals surface area contributed by atoms with Gasteiger partial charge < -0.3 is 4.74 Å². The van der Waals surface area contributed by atoms with Crippen LogP contribution in [-0.4, -0.2) is 12.9 Å². The molecule has 0 aliphatic rings. The molecule has 0 amide bonds. The van der Waals surface area contributed by atoms with Crippen molar-refractivity contribution in [3.8, 4) is 5.75 Å². The first-order chi connectivity index (χ1) is 9.02. The minimum atomic E-state index is -0.0936. The first kappa shape index (κ1) is 14.6. The minimum absolute atomic E-state index is 0.0936. The number of carbonyl (C=O) groups is 1. The van der Waals surface area contributed by atoms with Crippen LogP contribution in [0.4, 0.5) is 0 Å². The van der Waals surface area contributed by atoms with Gasteiger partial charge in [-0.1, -0.05) is 27.5 Å². The van der Waals surface area contributed by atoms with Crippen LogP contribution >= 0.6 is 43.5 Å². The van der Waals surface area contributed by atoms with Crippen molar-refractivity contribution >= 4 is 49.2 Å². The van der Waals surface area contributed by atoms with Crippen LogP contribution in [0, 0.1) is 0 Å². The van der Waals surface area contributed by atoms with Gasteiger partial charge in [0.1, 0.15) is 5.75 Å². The summed E-state index contributed by atoms with van der Waals surface area (Å²) in [5.41, 5.74) is 1.11. The Labute approximate surface area is 133 Å². The maximum Gasteiger partial charge on any atom is 0.194 e.